The van der Waals surface area contributed by atoms with E-state index in [1.807, 2.05) is 6.92 Å². The summed E-state index contributed by atoms with van der Waals surface area (Å²) in [6, 6.07) is 4.35. The van der Waals surface area contributed by atoms with Crippen LogP contribution in [0.4, 0.5) is 5.69 Å². The number of amides is 3. The Kier molecular flexibility index (Phi) is 6.08. The molecule has 0 aromatic heterocycles. The van der Waals surface area contributed by atoms with Crippen molar-refractivity contribution in [3.05, 3.63) is 35.2 Å². The van der Waals surface area contributed by atoms with E-state index in [2.05, 4.69) is 21.9 Å². The molecule has 0 saturated heterocycles. The Morgan fingerprint density at radius 2 is 1.96 bits per heavy atom. The number of phenolic OH excluding ortho intramolecular Hbond substituents is 1. The largest absolute Gasteiger partial charge is 0.505 e. The van der Waals surface area contributed by atoms with Gasteiger partial charge in [-0.05, 0) is 18.6 Å². The van der Waals surface area contributed by atoms with E-state index in [1.165, 1.54) is 17.0 Å². The van der Waals surface area contributed by atoms with E-state index in [4.69, 9.17) is 6.42 Å². The number of aromatic hydroxyl groups is 1. The van der Waals surface area contributed by atoms with Crippen LogP contribution in [0.5, 0.6) is 5.75 Å². The summed E-state index contributed by atoms with van der Waals surface area (Å²) < 4.78 is 0. The second kappa shape index (κ2) is 8.27. The number of hydrogen-bond donors (Lipinski definition) is 4. The molecule has 0 fully saturated rings. The molecule has 1 heterocycles. The van der Waals surface area contributed by atoms with Crippen molar-refractivity contribution in [2.75, 3.05) is 19.4 Å². The van der Waals surface area contributed by atoms with Gasteiger partial charge in [-0.3, -0.25) is 19.7 Å². The molecule has 1 aliphatic rings. The van der Waals surface area contributed by atoms with E-state index in [-0.39, 0.29) is 34.4 Å². The number of carbonyl (C=O) groups is 3. The summed E-state index contributed by atoms with van der Waals surface area (Å²) in [5, 5.41) is 18.4. The highest BCUT2D eigenvalue weighted by Crippen LogP contribution is 2.30. The van der Waals surface area contributed by atoms with Crippen molar-refractivity contribution in [2.45, 2.75) is 25.8 Å². The molecule has 1 unspecified atom stereocenters. The van der Waals surface area contributed by atoms with Crippen molar-refractivity contribution in [2.24, 2.45) is 0 Å². The Labute approximate surface area is 157 Å². The predicted molar refractivity (Wildman–Crippen MR) is 101 cm³/mol. The molecule has 1 aromatic carbocycles. The fraction of sp³-hybridized carbons (Fsp3) is 0.316. The van der Waals surface area contributed by atoms with Crippen molar-refractivity contribution in [1.29, 1.82) is 0 Å². The quantitative estimate of drug-likeness (QED) is 0.320. The predicted octanol–water partition coefficient (Wildman–Crippen LogP) is 0.765. The summed E-state index contributed by atoms with van der Waals surface area (Å²) in [5.74, 6) is 0.589. The molecule has 1 atom stereocenters. The molecule has 0 radical (unpaired) electrons. The van der Waals surface area contributed by atoms with E-state index in [1.54, 1.807) is 20.2 Å². The third-order valence-corrected chi connectivity index (χ3v) is 4.07. The molecule has 0 spiro atoms. The van der Waals surface area contributed by atoms with Crippen LogP contribution >= 0.6 is 0 Å². The Hall–Kier alpha value is -3.47. The third-order valence-electron chi connectivity index (χ3n) is 4.07. The van der Waals surface area contributed by atoms with E-state index in [9.17, 15) is 19.5 Å². The van der Waals surface area contributed by atoms with Gasteiger partial charge in [-0.15, -0.1) is 12.3 Å². The minimum atomic E-state index is -0.637. The van der Waals surface area contributed by atoms with E-state index in [0.717, 1.165) is 0 Å². The van der Waals surface area contributed by atoms with Gasteiger partial charge in [-0.2, -0.15) is 0 Å². The molecule has 1 aliphatic heterocycles. The lowest BCUT2D eigenvalue weighted by atomic mass is 10.1. The van der Waals surface area contributed by atoms with E-state index in [0.29, 0.717) is 12.8 Å². The SMILES string of the molecule is C#CCC(CC)NC1=C(Nc2cccc(C(=O)N(C)C)c2O)C(=O)NC1=O. The molecular formula is C19H22N4O4. The average molecular weight is 370 g/mol. The number of rotatable bonds is 7. The number of benzene rings is 1. The van der Waals surface area contributed by atoms with Crippen LogP contribution in [-0.4, -0.2) is 47.9 Å². The topological polar surface area (TPSA) is 111 Å². The maximum absolute atomic E-state index is 12.2. The summed E-state index contributed by atoms with van der Waals surface area (Å²) in [7, 11) is 3.12. The van der Waals surface area contributed by atoms with Crippen LogP contribution in [-0.2, 0) is 9.59 Å². The molecule has 27 heavy (non-hydrogen) atoms. The van der Waals surface area contributed by atoms with Crippen molar-refractivity contribution < 1.29 is 19.5 Å². The average Bonchev–Trinajstić information content (AvgIpc) is 2.89. The smallest absolute Gasteiger partial charge is 0.276 e. The number of terminal acetylenes is 1. The molecule has 0 bridgehead atoms. The third kappa shape index (κ3) is 4.20. The van der Waals surface area contributed by atoms with Crippen LogP contribution in [0, 0.1) is 12.3 Å². The molecule has 142 valence electrons. The summed E-state index contributed by atoms with van der Waals surface area (Å²) in [4.78, 5) is 37.8. The highest BCUT2D eigenvalue weighted by Gasteiger charge is 2.32. The van der Waals surface area contributed by atoms with Gasteiger partial charge in [0.2, 0.25) is 0 Å². The van der Waals surface area contributed by atoms with Crippen LogP contribution < -0.4 is 16.0 Å². The number of imide groups is 1. The van der Waals surface area contributed by atoms with Crippen molar-refractivity contribution in [3.8, 4) is 18.1 Å². The summed E-state index contributed by atoms with van der Waals surface area (Å²) in [6.07, 6.45) is 6.37. The van der Waals surface area contributed by atoms with Gasteiger partial charge in [-0.25, -0.2) is 0 Å². The highest BCUT2D eigenvalue weighted by molar-refractivity contribution is 6.20. The van der Waals surface area contributed by atoms with Crippen LogP contribution in [0.15, 0.2) is 29.6 Å². The Bertz CT molecular complexity index is 852. The Morgan fingerprint density at radius 1 is 1.30 bits per heavy atom. The zero-order chi connectivity index (χ0) is 20.1. The lowest BCUT2D eigenvalue weighted by Gasteiger charge is -2.17. The van der Waals surface area contributed by atoms with Gasteiger partial charge in [0.25, 0.3) is 17.7 Å². The minimum Gasteiger partial charge on any atom is -0.505 e. The number of carbonyl (C=O) groups excluding carboxylic acids is 3. The summed E-state index contributed by atoms with van der Waals surface area (Å²) in [5.41, 5.74) is 0.210. The van der Waals surface area contributed by atoms with Crippen molar-refractivity contribution >= 4 is 23.4 Å². The van der Waals surface area contributed by atoms with Gasteiger partial charge in [0.05, 0.1) is 11.3 Å². The van der Waals surface area contributed by atoms with Crippen molar-refractivity contribution in [3.63, 3.8) is 0 Å². The number of nitrogens with zero attached hydrogens (tertiary/aromatic N) is 1. The van der Waals surface area contributed by atoms with Gasteiger partial charge in [0.1, 0.15) is 11.4 Å². The first-order valence-electron chi connectivity index (χ1n) is 8.40. The number of phenols is 1. The molecule has 0 saturated carbocycles. The standard InChI is InChI=1S/C19H22N4O4/c1-5-8-11(6-2)20-14-15(18(26)22-17(14)25)21-13-10-7-9-12(16(13)24)19(27)23(3)4/h1,7,9-11,24H,6,8H2,2-4H3,(H3,20,21,22,25,26). The number of nitrogens with one attached hydrogen (secondary N) is 3. The van der Waals surface area contributed by atoms with Gasteiger partial charge < -0.3 is 20.6 Å². The fourth-order valence-corrected chi connectivity index (χ4v) is 2.55. The Balaban J connectivity index is 2.39. The normalized spacial score (nSPS) is 14.4. The summed E-state index contributed by atoms with van der Waals surface area (Å²) in [6.45, 7) is 1.90. The van der Waals surface area contributed by atoms with Gasteiger partial charge in [-0.1, -0.05) is 13.0 Å². The molecular weight excluding hydrogens is 348 g/mol. The van der Waals surface area contributed by atoms with Crippen LogP contribution in [0.3, 0.4) is 0 Å². The van der Waals surface area contributed by atoms with Crippen molar-refractivity contribution in [1.82, 2.24) is 15.5 Å². The first-order chi connectivity index (χ1) is 12.8. The number of para-hydroxylation sites is 1. The molecule has 0 aliphatic carbocycles. The van der Waals surface area contributed by atoms with Crippen LogP contribution in [0.1, 0.15) is 30.1 Å². The zero-order valence-corrected chi connectivity index (χ0v) is 15.4. The van der Waals surface area contributed by atoms with Gasteiger partial charge in [0, 0.05) is 26.6 Å². The fourth-order valence-electron chi connectivity index (χ4n) is 2.55. The monoisotopic (exact) mass is 370 g/mol. The molecule has 3 amide bonds. The number of anilines is 1. The number of hydrogen-bond acceptors (Lipinski definition) is 6. The van der Waals surface area contributed by atoms with E-state index >= 15 is 0 Å². The minimum absolute atomic E-state index is 0.0415. The highest BCUT2D eigenvalue weighted by atomic mass is 16.3. The molecule has 2 rings (SSSR count). The molecule has 8 nitrogen and oxygen atoms in total. The molecule has 4 N–H and O–H groups in total. The van der Waals surface area contributed by atoms with Gasteiger partial charge in [0.15, 0.2) is 5.75 Å². The van der Waals surface area contributed by atoms with Gasteiger partial charge >= 0.3 is 0 Å². The van der Waals surface area contributed by atoms with Crippen LogP contribution in [0.2, 0.25) is 0 Å². The lowest BCUT2D eigenvalue weighted by Crippen LogP contribution is -2.33. The maximum Gasteiger partial charge on any atom is 0.276 e. The first-order valence-corrected chi connectivity index (χ1v) is 8.40. The van der Waals surface area contributed by atoms with E-state index < -0.39 is 17.7 Å². The lowest BCUT2D eigenvalue weighted by molar-refractivity contribution is -0.124. The molecule has 1 aromatic rings. The first kappa shape index (κ1) is 19.8. The zero-order valence-electron chi connectivity index (χ0n) is 15.4. The summed E-state index contributed by atoms with van der Waals surface area (Å²) >= 11 is 0. The maximum atomic E-state index is 12.2. The molecule has 8 heteroatoms. The second-order valence-electron chi connectivity index (χ2n) is 6.22. The second-order valence-corrected chi connectivity index (χ2v) is 6.22. The Morgan fingerprint density at radius 3 is 2.56 bits per heavy atom. The van der Waals surface area contributed by atoms with Crippen LogP contribution in [0.25, 0.3) is 0 Å².